The van der Waals surface area contributed by atoms with Gasteiger partial charge in [0.1, 0.15) is 23.1 Å². The van der Waals surface area contributed by atoms with Gasteiger partial charge in [-0.25, -0.2) is 9.97 Å². The largest absolute Gasteiger partial charge is 0.573 e. The average molecular weight is 523 g/mol. The van der Waals surface area contributed by atoms with Crippen molar-refractivity contribution in [1.82, 2.24) is 9.97 Å². The third-order valence-electron chi connectivity index (χ3n) is 5.90. The van der Waals surface area contributed by atoms with E-state index in [0.29, 0.717) is 37.8 Å². The number of hydrogen-bond donors (Lipinski definition) is 0. The van der Waals surface area contributed by atoms with Crippen LogP contribution in [0.3, 0.4) is 0 Å². The average Bonchev–Trinajstić information content (AvgIpc) is 3.63. The van der Waals surface area contributed by atoms with Crippen LogP contribution in [0.25, 0.3) is 10.9 Å². The molecular formula is C23H22BrF3N4O2. The number of methoxy groups -OCH3 is 1. The maximum atomic E-state index is 12.6. The van der Waals surface area contributed by atoms with Crippen LogP contribution in [0.2, 0.25) is 0 Å². The zero-order valence-electron chi connectivity index (χ0n) is 17.9. The molecule has 1 saturated carbocycles. The van der Waals surface area contributed by atoms with E-state index < -0.39 is 6.36 Å². The number of benzene rings is 2. The van der Waals surface area contributed by atoms with Gasteiger partial charge in [-0.3, -0.25) is 0 Å². The standard InChI is InChI=1S/C23H22BrF3N4O2/c1-32-20-13-16(33-23(25,26)27)5-7-19(20)30-8-10-31(11-9-30)22-17-12-15(24)4-6-18(17)28-21(29-22)14-2-3-14/h4-7,12-14H,2-3,8-11H2,1H3. The molecule has 1 saturated heterocycles. The number of halogens is 4. The van der Waals surface area contributed by atoms with Crippen molar-refractivity contribution < 1.29 is 22.6 Å². The van der Waals surface area contributed by atoms with Crippen molar-refractivity contribution in [2.24, 2.45) is 0 Å². The molecule has 2 aromatic carbocycles. The fourth-order valence-electron chi connectivity index (χ4n) is 4.14. The minimum Gasteiger partial charge on any atom is -0.494 e. The van der Waals surface area contributed by atoms with Gasteiger partial charge < -0.3 is 19.3 Å². The molecule has 0 amide bonds. The Bertz CT molecular complexity index is 1180. The van der Waals surface area contributed by atoms with Crippen molar-refractivity contribution in [3.8, 4) is 11.5 Å². The smallest absolute Gasteiger partial charge is 0.494 e. The number of anilines is 2. The summed E-state index contributed by atoms with van der Waals surface area (Å²) in [6.07, 6.45) is -2.49. The van der Waals surface area contributed by atoms with E-state index in [1.54, 1.807) is 6.07 Å². The van der Waals surface area contributed by atoms with E-state index in [4.69, 9.17) is 14.7 Å². The Morgan fingerprint density at radius 3 is 2.36 bits per heavy atom. The fourth-order valence-corrected chi connectivity index (χ4v) is 4.50. The molecule has 5 rings (SSSR count). The quantitative estimate of drug-likeness (QED) is 0.440. The molecule has 2 fully saturated rings. The highest BCUT2D eigenvalue weighted by atomic mass is 79.9. The summed E-state index contributed by atoms with van der Waals surface area (Å²) in [5.41, 5.74) is 1.68. The van der Waals surface area contributed by atoms with Gasteiger partial charge in [0.15, 0.2) is 0 Å². The SMILES string of the molecule is COc1cc(OC(F)(F)F)ccc1N1CCN(c2nc(C3CC3)nc3ccc(Br)cc23)CC1. The van der Waals surface area contributed by atoms with Crippen LogP contribution in [0, 0.1) is 0 Å². The molecule has 33 heavy (non-hydrogen) atoms. The van der Waals surface area contributed by atoms with Crippen LogP contribution < -0.4 is 19.3 Å². The van der Waals surface area contributed by atoms with Gasteiger partial charge in [0.2, 0.25) is 0 Å². The Hall–Kier alpha value is -2.75. The zero-order valence-corrected chi connectivity index (χ0v) is 19.5. The highest BCUT2D eigenvalue weighted by molar-refractivity contribution is 9.10. The van der Waals surface area contributed by atoms with Crippen LogP contribution >= 0.6 is 15.9 Å². The second-order valence-electron chi connectivity index (χ2n) is 8.20. The van der Waals surface area contributed by atoms with E-state index in [1.807, 2.05) is 12.1 Å². The predicted molar refractivity (Wildman–Crippen MR) is 123 cm³/mol. The number of alkyl halides is 3. The number of rotatable bonds is 5. The van der Waals surface area contributed by atoms with Gasteiger partial charge in [0, 0.05) is 48.0 Å². The first-order chi connectivity index (χ1) is 15.8. The molecule has 0 N–H and O–H groups in total. The molecule has 6 nitrogen and oxygen atoms in total. The van der Waals surface area contributed by atoms with Crippen LogP contribution in [0.1, 0.15) is 24.6 Å². The maximum Gasteiger partial charge on any atom is 0.573 e. The van der Waals surface area contributed by atoms with Crippen LogP contribution in [-0.4, -0.2) is 49.6 Å². The van der Waals surface area contributed by atoms with Crippen molar-refractivity contribution in [3.05, 3.63) is 46.7 Å². The Labute approximate surface area is 197 Å². The van der Waals surface area contributed by atoms with Gasteiger partial charge in [-0.05, 0) is 43.2 Å². The van der Waals surface area contributed by atoms with Gasteiger partial charge in [-0.15, -0.1) is 13.2 Å². The molecule has 1 aliphatic heterocycles. The lowest BCUT2D eigenvalue weighted by Crippen LogP contribution is -2.47. The number of fused-ring (bicyclic) bond motifs is 1. The molecule has 0 unspecified atom stereocenters. The summed E-state index contributed by atoms with van der Waals surface area (Å²) in [5.74, 6) is 2.33. The number of nitrogens with zero attached hydrogens (tertiary/aromatic N) is 4. The second kappa shape index (κ2) is 8.55. The summed E-state index contributed by atoms with van der Waals surface area (Å²) in [6.45, 7) is 2.78. The van der Waals surface area contributed by atoms with Crippen LogP contribution in [0.4, 0.5) is 24.7 Å². The minimum absolute atomic E-state index is 0.299. The summed E-state index contributed by atoms with van der Waals surface area (Å²) < 4.78 is 48.0. The topological polar surface area (TPSA) is 50.7 Å². The molecule has 174 valence electrons. The predicted octanol–water partition coefficient (Wildman–Crippen LogP) is 5.50. The van der Waals surface area contributed by atoms with Gasteiger partial charge in [0.05, 0.1) is 18.3 Å². The van der Waals surface area contributed by atoms with E-state index in [1.165, 1.54) is 19.2 Å². The molecule has 0 spiro atoms. The van der Waals surface area contributed by atoms with Crippen LogP contribution in [0.15, 0.2) is 40.9 Å². The molecule has 0 atom stereocenters. The number of piperazine rings is 1. The molecule has 10 heteroatoms. The Balaban J connectivity index is 1.37. The second-order valence-corrected chi connectivity index (χ2v) is 9.11. The summed E-state index contributed by atoms with van der Waals surface area (Å²) >= 11 is 3.55. The van der Waals surface area contributed by atoms with Gasteiger partial charge >= 0.3 is 6.36 Å². The summed E-state index contributed by atoms with van der Waals surface area (Å²) in [4.78, 5) is 14.1. The van der Waals surface area contributed by atoms with Crippen molar-refractivity contribution in [3.63, 3.8) is 0 Å². The van der Waals surface area contributed by atoms with Gasteiger partial charge in [0.25, 0.3) is 0 Å². The first-order valence-corrected chi connectivity index (χ1v) is 11.5. The molecule has 1 aliphatic carbocycles. The van der Waals surface area contributed by atoms with E-state index >= 15 is 0 Å². The maximum absolute atomic E-state index is 12.6. The van der Waals surface area contributed by atoms with Gasteiger partial charge in [-0.2, -0.15) is 0 Å². The van der Waals surface area contributed by atoms with Crippen LogP contribution in [0.5, 0.6) is 11.5 Å². The van der Waals surface area contributed by atoms with Crippen molar-refractivity contribution >= 4 is 38.3 Å². The van der Waals surface area contributed by atoms with E-state index in [2.05, 4.69) is 36.5 Å². The Morgan fingerprint density at radius 1 is 0.970 bits per heavy atom. The molecule has 2 aliphatic rings. The highest BCUT2D eigenvalue weighted by Crippen LogP contribution is 2.41. The fraction of sp³-hybridized carbons (Fsp3) is 0.391. The Morgan fingerprint density at radius 2 is 1.70 bits per heavy atom. The highest BCUT2D eigenvalue weighted by Gasteiger charge is 2.32. The first-order valence-electron chi connectivity index (χ1n) is 10.7. The lowest BCUT2D eigenvalue weighted by molar-refractivity contribution is -0.274. The van der Waals surface area contributed by atoms with E-state index in [9.17, 15) is 13.2 Å². The zero-order chi connectivity index (χ0) is 23.2. The number of hydrogen-bond acceptors (Lipinski definition) is 6. The normalized spacial score (nSPS) is 16.9. The molecule has 1 aromatic heterocycles. The monoisotopic (exact) mass is 522 g/mol. The minimum atomic E-state index is -4.74. The summed E-state index contributed by atoms with van der Waals surface area (Å²) in [5, 5.41) is 1.01. The summed E-state index contributed by atoms with van der Waals surface area (Å²) in [7, 11) is 1.44. The van der Waals surface area contributed by atoms with Crippen molar-refractivity contribution in [2.45, 2.75) is 25.1 Å². The Kier molecular flexibility index (Phi) is 5.72. The van der Waals surface area contributed by atoms with E-state index in [0.717, 1.165) is 45.5 Å². The van der Waals surface area contributed by atoms with Crippen molar-refractivity contribution in [2.75, 3.05) is 43.1 Å². The molecular weight excluding hydrogens is 501 g/mol. The number of aromatic nitrogens is 2. The molecule has 3 aromatic rings. The number of ether oxygens (including phenoxy) is 2. The third kappa shape index (κ3) is 4.80. The lowest BCUT2D eigenvalue weighted by atomic mass is 10.2. The molecule has 0 radical (unpaired) electrons. The van der Waals surface area contributed by atoms with Crippen LogP contribution in [-0.2, 0) is 0 Å². The summed E-state index contributed by atoms with van der Waals surface area (Å²) in [6, 6.07) is 10.3. The first kappa shape index (κ1) is 22.1. The van der Waals surface area contributed by atoms with Crippen molar-refractivity contribution in [1.29, 1.82) is 0 Å². The van der Waals surface area contributed by atoms with Gasteiger partial charge in [-0.1, -0.05) is 15.9 Å². The van der Waals surface area contributed by atoms with E-state index in [-0.39, 0.29) is 5.75 Å². The third-order valence-corrected chi connectivity index (χ3v) is 6.40. The molecule has 2 heterocycles. The lowest BCUT2D eigenvalue weighted by Gasteiger charge is -2.37. The molecule has 0 bridgehead atoms.